The summed E-state index contributed by atoms with van der Waals surface area (Å²) in [6.45, 7) is 1.05. The zero-order valence-corrected chi connectivity index (χ0v) is 12.6. The maximum atomic E-state index is 13.1. The van der Waals surface area contributed by atoms with Crippen LogP contribution in [0, 0.1) is 41.4 Å². The van der Waals surface area contributed by atoms with E-state index in [0.717, 1.165) is 19.8 Å². The van der Waals surface area contributed by atoms with E-state index >= 15 is 0 Å². The zero-order chi connectivity index (χ0) is 15.6. The van der Waals surface area contributed by atoms with E-state index < -0.39 is 18.2 Å². The number of hydrogen-bond acceptors (Lipinski definition) is 2. The molecule has 0 N–H and O–H groups in total. The second-order valence-corrected chi connectivity index (χ2v) is 7.63. The third-order valence-corrected chi connectivity index (χ3v) is 6.60. The van der Waals surface area contributed by atoms with Crippen LogP contribution in [-0.2, 0) is 9.53 Å². The molecule has 0 spiro atoms. The molecule has 0 aromatic rings. The van der Waals surface area contributed by atoms with Crippen LogP contribution in [0.15, 0.2) is 12.2 Å². The molecule has 0 saturated heterocycles. The fourth-order valence-electron chi connectivity index (χ4n) is 6.15. The summed E-state index contributed by atoms with van der Waals surface area (Å²) in [5.41, 5.74) is 0. The monoisotopic (exact) mass is 314 g/mol. The van der Waals surface area contributed by atoms with Gasteiger partial charge in [0.1, 0.15) is 0 Å². The summed E-state index contributed by atoms with van der Waals surface area (Å²) in [6.07, 6.45) is 1.37. The quantitative estimate of drug-likeness (QED) is 0.448. The molecule has 8 unspecified atom stereocenters. The molecule has 3 saturated carbocycles. The van der Waals surface area contributed by atoms with Gasteiger partial charge in [0.15, 0.2) is 6.10 Å². The van der Waals surface area contributed by atoms with Crippen LogP contribution in [0.3, 0.4) is 0 Å². The summed E-state index contributed by atoms with van der Waals surface area (Å²) >= 11 is 0. The van der Waals surface area contributed by atoms with Gasteiger partial charge in [-0.1, -0.05) is 12.2 Å². The van der Waals surface area contributed by atoms with Crippen molar-refractivity contribution in [3.63, 3.8) is 0 Å². The fraction of sp³-hybridized carbons (Fsp3) is 0.824. The largest absolute Gasteiger partial charge is 0.453 e. The fourth-order valence-corrected chi connectivity index (χ4v) is 6.15. The highest BCUT2D eigenvalue weighted by Gasteiger charge is 2.61. The molecule has 0 amide bonds. The number of carbonyl (C=O) groups is 1. The molecule has 5 heteroatoms. The number of carbonyl (C=O) groups excluding carboxylic acids is 1. The molecule has 0 aliphatic heterocycles. The molecule has 8 atom stereocenters. The van der Waals surface area contributed by atoms with E-state index in [-0.39, 0.29) is 12.3 Å². The Morgan fingerprint density at radius 1 is 1.18 bits per heavy atom. The molecule has 122 valence electrons. The number of rotatable bonds is 3. The lowest BCUT2D eigenvalue weighted by atomic mass is 9.68. The maximum Gasteiger partial charge on any atom is 0.425 e. The Balaban J connectivity index is 1.48. The summed E-state index contributed by atoms with van der Waals surface area (Å²) in [6, 6.07) is 0. The van der Waals surface area contributed by atoms with Crippen molar-refractivity contribution >= 4 is 5.97 Å². The predicted molar refractivity (Wildman–Crippen MR) is 73.6 cm³/mol. The van der Waals surface area contributed by atoms with Crippen molar-refractivity contribution in [3.8, 4) is 0 Å². The first-order valence-electron chi connectivity index (χ1n) is 8.27. The maximum absolute atomic E-state index is 13.1. The van der Waals surface area contributed by atoms with Crippen LogP contribution in [0.4, 0.5) is 13.2 Å². The molecule has 0 radical (unpaired) electrons. The number of fused-ring (bicyclic) bond motifs is 9. The van der Waals surface area contributed by atoms with Crippen molar-refractivity contribution < 1.29 is 22.7 Å². The van der Waals surface area contributed by atoms with E-state index in [0.29, 0.717) is 35.5 Å². The van der Waals surface area contributed by atoms with Gasteiger partial charge in [-0.05, 0) is 67.1 Å². The van der Waals surface area contributed by atoms with Crippen molar-refractivity contribution in [1.29, 1.82) is 0 Å². The van der Waals surface area contributed by atoms with E-state index in [1.165, 1.54) is 6.42 Å². The third-order valence-electron chi connectivity index (χ3n) is 6.60. The summed E-state index contributed by atoms with van der Waals surface area (Å²) in [5, 5.41) is 0. The third kappa shape index (κ3) is 2.11. The average molecular weight is 314 g/mol. The highest BCUT2D eigenvalue weighted by molar-refractivity contribution is 5.66. The standard InChI is InChI=1S/C17H21F3O2/c1-8(21)22-14(17(18,19)20)7-11-5-12-6-13(11)16-10-3-2-9(4-10)15(12)16/h2-3,9-16H,4-7H2,1H3. The molecule has 4 aliphatic carbocycles. The van der Waals surface area contributed by atoms with Gasteiger partial charge in [-0.25, -0.2) is 0 Å². The van der Waals surface area contributed by atoms with Crippen LogP contribution < -0.4 is 0 Å². The molecule has 2 nitrogen and oxygen atoms in total. The van der Waals surface area contributed by atoms with Gasteiger partial charge in [-0.15, -0.1) is 0 Å². The first-order chi connectivity index (χ1) is 10.3. The summed E-state index contributed by atoms with van der Waals surface area (Å²) in [5.74, 6) is 2.78. The number of alkyl halides is 3. The van der Waals surface area contributed by atoms with E-state index in [2.05, 4.69) is 16.9 Å². The van der Waals surface area contributed by atoms with E-state index in [9.17, 15) is 18.0 Å². The lowest BCUT2D eigenvalue weighted by Gasteiger charge is -2.38. The second kappa shape index (κ2) is 4.75. The van der Waals surface area contributed by atoms with Crippen molar-refractivity contribution in [2.75, 3.05) is 0 Å². The Bertz CT molecular complexity index is 513. The molecular weight excluding hydrogens is 293 g/mol. The van der Waals surface area contributed by atoms with E-state index in [1.54, 1.807) is 0 Å². The van der Waals surface area contributed by atoms with Crippen molar-refractivity contribution in [1.82, 2.24) is 0 Å². The summed E-state index contributed by atoms with van der Waals surface area (Å²) < 4.78 is 43.9. The molecule has 4 bridgehead atoms. The molecule has 0 aromatic heterocycles. The Labute approximate surface area is 128 Å². The Hall–Kier alpha value is -1.00. The van der Waals surface area contributed by atoms with E-state index in [1.807, 2.05) is 0 Å². The van der Waals surface area contributed by atoms with Crippen molar-refractivity contribution in [2.24, 2.45) is 41.4 Å². The van der Waals surface area contributed by atoms with Gasteiger partial charge < -0.3 is 4.74 Å². The van der Waals surface area contributed by atoms with Gasteiger partial charge in [-0.3, -0.25) is 4.79 Å². The van der Waals surface area contributed by atoms with Gasteiger partial charge in [0, 0.05) is 6.92 Å². The van der Waals surface area contributed by atoms with Gasteiger partial charge in [0.2, 0.25) is 0 Å². The average Bonchev–Trinajstić information content (AvgIpc) is 3.14. The van der Waals surface area contributed by atoms with Gasteiger partial charge in [0.05, 0.1) is 0 Å². The Morgan fingerprint density at radius 3 is 2.50 bits per heavy atom. The second-order valence-electron chi connectivity index (χ2n) is 7.63. The van der Waals surface area contributed by atoms with E-state index in [4.69, 9.17) is 0 Å². The molecule has 0 heterocycles. The lowest BCUT2D eigenvalue weighted by Crippen LogP contribution is -2.38. The van der Waals surface area contributed by atoms with Crippen LogP contribution in [0.2, 0.25) is 0 Å². The summed E-state index contributed by atoms with van der Waals surface area (Å²) in [7, 11) is 0. The number of halogens is 3. The highest BCUT2D eigenvalue weighted by atomic mass is 19.4. The lowest BCUT2D eigenvalue weighted by molar-refractivity contribution is -0.225. The minimum atomic E-state index is -4.46. The van der Waals surface area contributed by atoms with Crippen LogP contribution >= 0.6 is 0 Å². The van der Waals surface area contributed by atoms with Crippen LogP contribution in [0.25, 0.3) is 0 Å². The summed E-state index contributed by atoms with van der Waals surface area (Å²) in [4.78, 5) is 11.0. The zero-order valence-electron chi connectivity index (χ0n) is 12.6. The van der Waals surface area contributed by atoms with Crippen LogP contribution in [-0.4, -0.2) is 18.2 Å². The van der Waals surface area contributed by atoms with Crippen molar-refractivity contribution in [2.45, 2.75) is 44.9 Å². The smallest absolute Gasteiger partial charge is 0.425 e. The highest BCUT2D eigenvalue weighted by Crippen LogP contribution is 2.67. The normalized spacial score (nSPS) is 46.1. The number of esters is 1. The SMILES string of the molecule is CC(=O)OC(CC1CC2CC1C1C3C=CC(C3)C21)C(F)(F)F. The van der Waals surface area contributed by atoms with Crippen LogP contribution in [0.5, 0.6) is 0 Å². The molecule has 4 rings (SSSR count). The predicted octanol–water partition coefficient (Wildman–Crippen LogP) is 3.96. The molecule has 4 aliphatic rings. The first kappa shape index (κ1) is 14.6. The topological polar surface area (TPSA) is 26.3 Å². The molecule has 3 fully saturated rings. The Kier molecular flexibility index (Phi) is 3.15. The number of ether oxygens (including phenoxy) is 1. The number of allylic oxidation sites excluding steroid dienone is 2. The Morgan fingerprint density at radius 2 is 1.86 bits per heavy atom. The molecular formula is C17H21F3O2. The molecule has 22 heavy (non-hydrogen) atoms. The van der Waals surface area contributed by atoms with Gasteiger partial charge in [-0.2, -0.15) is 13.2 Å². The van der Waals surface area contributed by atoms with Gasteiger partial charge >= 0.3 is 12.1 Å². The molecule has 0 aromatic carbocycles. The number of hydrogen-bond donors (Lipinski definition) is 0. The minimum Gasteiger partial charge on any atom is -0.453 e. The van der Waals surface area contributed by atoms with Crippen LogP contribution in [0.1, 0.15) is 32.6 Å². The van der Waals surface area contributed by atoms with Gasteiger partial charge in [0.25, 0.3) is 0 Å². The first-order valence-corrected chi connectivity index (χ1v) is 8.27. The van der Waals surface area contributed by atoms with Crippen molar-refractivity contribution in [3.05, 3.63) is 12.2 Å². The minimum absolute atomic E-state index is 0.0471.